The average molecular weight is 330 g/mol. The van der Waals surface area contributed by atoms with Crippen LogP contribution in [-0.2, 0) is 14.8 Å². The quantitative estimate of drug-likeness (QED) is 0.769. The number of sulfonamides is 1. The lowest BCUT2D eigenvalue weighted by atomic mass is 10.2. The van der Waals surface area contributed by atoms with E-state index in [0.717, 1.165) is 12.8 Å². The second-order valence-electron chi connectivity index (χ2n) is 5.07. The van der Waals surface area contributed by atoms with Gasteiger partial charge in [0, 0.05) is 25.3 Å². The third-order valence-electron chi connectivity index (χ3n) is 3.32. The molecule has 2 rings (SSSR count). The molecule has 1 amide bonds. The third-order valence-corrected chi connectivity index (χ3v) is 4.67. The third kappa shape index (κ3) is 5.36. The Balaban J connectivity index is 1.72. The maximum Gasteiger partial charge on any atom is 0.251 e. The van der Waals surface area contributed by atoms with Crippen molar-refractivity contribution in [2.24, 2.45) is 0 Å². The van der Waals surface area contributed by atoms with Crippen LogP contribution in [0, 0.1) is 5.82 Å². The maximum absolute atomic E-state index is 12.7. The number of carbonyl (C=O) groups excluding carboxylic acids is 1. The lowest BCUT2D eigenvalue weighted by Gasteiger charge is -2.11. The molecule has 8 heteroatoms. The van der Waals surface area contributed by atoms with Crippen molar-refractivity contribution in [2.45, 2.75) is 18.9 Å². The highest BCUT2D eigenvalue weighted by atomic mass is 32.2. The Morgan fingerprint density at radius 1 is 1.32 bits per heavy atom. The Morgan fingerprint density at radius 2 is 2.05 bits per heavy atom. The predicted molar refractivity (Wildman–Crippen MR) is 79.5 cm³/mol. The molecule has 1 aliphatic rings. The fourth-order valence-corrected chi connectivity index (χ4v) is 3.05. The lowest BCUT2D eigenvalue weighted by Crippen LogP contribution is -2.37. The van der Waals surface area contributed by atoms with Gasteiger partial charge in [0.2, 0.25) is 10.0 Å². The number of hydrogen-bond donors (Lipinski definition) is 2. The lowest BCUT2D eigenvalue weighted by molar-refractivity contribution is 0.0956. The Bertz CT molecular complexity index is 598. The standard InChI is InChI=1S/C14H19FN2O4S/c15-12-5-3-11(4-6-12)14(18)16-7-9-22(19,20)17-10-13-2-1-8-21-13/h3-6,13,17H,1-2,7-10H2,(H,16,18). The van der Waals surface area contributed by atoms with Crippen LogP contribution in [0.2, 0.25) is 0 Å². The van der Waals surface area contributed by atoms with Gasteiger partial charge in [-0.1, -0.05) is 0 Å². The van der Waals surface area contributed by atoms with Crippen LogP contribution in [-0.4, -0.2) is 45.9 Å². The second kappa shape index (κ2) is 7.66. The topological polar surface area (TPSA) is 84.5 Å². The molecular weight excluding hydrogens is 311 g/mol. The van der Waals surface area contributed by atoms with Crippen LogP contribution in [0.4, 0.5) is 4.39 Å². The van der Waals surface area contributed by atoms with Crippen LogP contribution >= 0.6 is 0 Å². The molecule has 0 spiro atoms. The van der Waals surface area contributed by atoms with Gasteiger partial charge in [-0.05, 0) is 37.1 Å². The van der Waals surface area contributed by atoms with Gasteiger partial charge in [0.25, 0.3) is 5.91 Å². The van der Waals surface area contributed by atoms with E-state index in [1.54, 1.807) is 0 Å². The molecule has 1 saturated heterocycles. The number of ether oxygens (including phenoxy) is 1. The van der Waals surface area contributed by atoms with E-state index in [0.29, 0.717) is 6.61 Å². The van der Waals surface area contributed by atoms with Gasteiger partial charge in [-0.25, -0.2) is 17.5 Å². The van der Waals surface area contributed by atoms with E-state index in [4.69, 9.17) is 4.74 Å². The largest absolute Gasteiger partial charge is 0.377 e. The van der Waals surface area contributed by atoms with Crippen molar-refractivity contribution < 1.29 is 22.3 Å². The van der Waals surface area contributed by atoms with Gasteiger partial charge in [-0.3, -0.25) is 4.79 Å². The molecule has 1 atom stereocenters. The van der Waals surface area contributed by atoms with E-state index in [9.17, 15) is 17.6 Å². The molecule has 1 aromatic carbocycles. The van der Waals surface area contributed by atoms with Gasteiger partial charge in [-0.15, -0.1) is 0 Å². The van der Waals surface area contributed by atoms with E-state index in [-0.39, 0.29) is 30.5 Å². The number of carbonyl (C=O) groups is 1. The van der Waals surface area contributed by atoms with Crippen molar-refractivity contribution in [3.8, 4) is 0 Å². The first-order valence-corrected chi connectivity index (χ1v) is 8.74. The van der Waals surface area contributed by atoms with Crippen molar-refractivity contribution in [1.29, 1.82) is 0 Å². The number of halogens is 1. The summed E-state index contributed by atoms with van der Waals surface area (Å²) < 4.78 is 44.1. The first kappa shape index (κ1) is 16.9. The molecule has 0 bridgehead atoms. The molecule has 1 fully saturated rings. The zero-order valence-corrected chi connectivity index (χ0v) is 12.9. The van der Waals surface area contributed by atoms with Crippen LogP contribution < -0.4 is 10.0 Å². The van der Waals surface area contributed by atoms with Crippen LogP contribution in [0.5, 0.6) is 0 Å². The van der Waals surface area contributed by atoms with Crippen molar-refractivity contribution in [3.63, 3.8) is 0 Å². The summed E-state index contributed by atoms with van der Waals surface area (Å²) in [5.41, 5.74) is 0.283. The number of hydrogen-bond acceptors (Lipinski definition) is 4. The number of amides is 1. The number of nitrogens with one attached hydrogen (secondary N) is 2. The smallest absolute Gasteiger partial charge is 0.251 e. The minimum atomic E-state index is -3.46. The fourth-order valence-electron chi connectivity index (χ4n) is 2.10. The zero-order valence-electron chi connectivity index (χ0n) is 12.0. The SMILES string of the molecule is O=C(NCCS(=O)(=O)NCC1CCCO1)c1ccc(F)cc1. The minimum absolute atomic E-state index is 0.0168. The minimum Gasteiger partial charge on any atom is -0.377 e. The molecular formula is C14H19FN2O4S. The van der Waals surface area contributed by atoms with E-state index >= 15 is 0 Å². The molecule has 0 aliphatic carbocycles. The van der Waals surface area contributed by atoms with Crippen LogP contribution in [0.1, 0.15) is 23.2 Å². The van der Waals surface area contributed by atoms with Crippen molar-refractivity contribution in [2.75, 3.05) is 25.4 Å². The first-order chi connectivity index (χ1) is 10.5. The number of benzene rings is 1. The van der Waals surface area contributed by atoms with Crippen molar-refractivity contribution >= 4 is 15.9 Å². The molecule has 1 aliphatic heterocycles. The van der Waals surface area contributed by atoms with Crippen molar-refractivity contribution in [3.05, 3.63) is 35.6 Å². The van der Waals surface area contributed by atoms with Crippen LogP contribution in [0.3, 0.4) is 0 Å². The van der Waals surface area contributed by atoms with Gasteiger partial charge >= 0.3 is 0 Å². The molecule has 2 N–H and O–H groups in total. The summed E-state index contributed by atoms with van der Waals surface area (Å²) >= 11 is 0. The summed E-state index contributed by atoms with van der Waals surface area (Å²) in [5.74, 6) is -1.08. The van der Waals surface area contributed by atoms with Gasteiger partial charge in [-0.2, -0.15) is 0 Å². The summed E-state index contributed by atoms with van der Waals surface area (Å²) in [4.78, 5) is 11.7. The van der Waals surface area contributed by atoms with Gasteiger partial charge in [0.15, 0.2) is 0 Å². The highest BCUT2D eigenvalue weighted by Gasteiger charge is 2.18. The van der Waals surface area contributed by atoms with E-state index in [2.05, 4.69) is 10.0 Å². The molecule has 1 aromatic rings. The van der Waals surface area contributed by atoms with Crippen LogP contribution in [0.25, 0.3) is 0 Å². The van der Waals surface area contributed by atoms with E-state index in [1.165, 1.54) is 24.3 Å². The molecule has 0 radical (unpaired) electrons. The number of rotatable bonds is 7. The zero-order chi connectivity index (χ0) is 16.0. The molecule has 0 saturated carbocycles. The Morgan fingerprint density at radius 3 is 2.68 bits per heavy atom. The Labute approximate surface area is 129 Å². The summed E-state index contributed by atoms with van der Waals surface area (Å²) in [6, 6.07) is 5.04. The molecule has 22 heavy (non-hydrogen) atoms. The van der Waals surface area contributed by atoms with Gasteiger partial charge in [0.05, 0.1) is 11.9 Å². The summed E-state index contributed by atoms with van der Waals surface area (Å²) in [6.45, 7) is 0.908. The predicted octanol–water partition coefficient (Wildman–Crippen LogP) is 0.654. The normalized spacial score (nSPS) is 18.3. The highest BCUT2D eigenvalue weighted by molar-refractivity contribution is 7.89. The van der Waals surface area contributed by atoms with E-state index < -0.39 is 21.7 Å². The molecule has 6 nitrogen and oxygen atoms in total. The molecule has 1 heterocycles. The maximum atomic E-state index is 12.7. The molecule has 0 aromatic heterocycles. The highest BCUT2D eigenvalue weighted by Crippen LogP contribution is 2.10. The van der Waals surface area contributed by atoms with Crippen LogP contribution in [0.15, 0.2) is 24.3 Å². The van der Waals surface area contributed by atoms with Gasteiger partial charge < -0.3 is 10.1 Å². The van der Waals surface area contributed by atoms with Crippen molar-refractivity contribution in [1.82, 2.24) is 10.0 Å². The van der Waals surface area contributed by atoms with E-state index in [1.807, 2.05) is 0 Å². The summed E-state index contributed by atoms with van der Waals surface area (Å²) in [6.07, 6.45) is 1.73. The second-order valence-corrected chi connectivity index (χ2v) is 6.99. The molecule has 122 valence electrons. The monoisotopic (exact) mass is 330 g/mol. The first-order valence-electron chi connectivity index (χ1n) is 7.09. The summed E-state index contributed by atoms with van der Waals surface area (Å²) in [7, 11) is -3.46. The average Bonchev–Trinajstić information content (AvgIpc) is 2.99. The van der Waals surface area contributed by atoms with Gasteiger partial charge in [0.1, 0.15) is 5.82 Å². The summed E-state index contributed by atoms with van der Waals surface area (Å²) in [5, 5.41) is 2.49. The molecule has 1 unspecified atom stereocenters. The Hall–Kier alpha value is -1.51. The Kier molecular flexibility index (Phi) is 5.87. The fraction of sp³-hybridized carbons (Fsp3) is 0.500.